The van der Waals surface area contributed by atoms with Crippen molar-refractivity contribution in [2.45, 2.75) is 45.8 Å². The number of hydrogen-bond donors (Lipinski definition) is 2. The fourth-order valence-corrected chi connectivity index (χ4v) is 4.22. The highest BCUT2D eigenvalue weighted by molar-refractivity contribution is 5.97. The third-order valence-electron chi connectivity index (χ3n) is 6.22. The Labute approximate surface area is 202 Å². The molecule has 35 heavy (non-hydrogen) atoms. The highest BCUT2D eigenvalue weighted by Crippen LogP contribution is 2.24. The molecule has 1 fully saturated rings. The Morgan fingerprint density at radius 2 is 1.89 bits per heavy atom. The standard InChI is InChI=1S/C26H29FN4O4/c1-15(2)22(30-25(33)23-24(32)29-20-7-5-4-6-19(20)28-23)26(34)31-12-10-18(11-13-31)35-21-9-8-17(27)14-16(21)3/h4-9,14-15,18,22H,10-13H2,1-3H3,(H,29,32)(H,30,33)/t22-/m0/s1. The number of aromatic amines is 1. The van der Waals surface area contributed by atoms with Gasteiger partial charge in [-0.1, -0.05) is 26.0 Å². The average Bonchev–Trinajstić information content (AvgIpc) is 2.83. The zero-order chi connectivity index (χ0) is 25.1. The van der Waals surface area contributed by atoms with Gasteiger partial charge in [-0.05, 0) is 48.7 Å². The smallest absolute Gasteiger partial charge is 0.280 e. The van der Waals surface area contributed by atoms with Gasteiger partial charge in [-0.15, -0.1) is 0 Å². The molecule has 9 heteroatoms. The van der Waals surface area contributed by atoms with Crippen molar-refractivity contribution in [3.8, 4) is 5.75 Å². The van der Waals surface area contributed by atoms with E-state index >= 15 is 0 Å². The molecule has 0 bridgehead atoms. The topological polar surface area (TPSA) is 104 Å². The number of H-pyrrole nitrogens is 1. The van der Waals surface area contributed by atoms with Gasteiger partial charge < -0.3 is 19.9 Å². The predicted molar refractivity (Wildman–Crippen MR) is 130 cm³/mol. The third kappa shape index (κ3) is 5.50. The van der Waals surface area contributed by atoms with E-state index in [1.807, 2.05) is 13.8 Å². The lowest BCUT2D eigenvalue weighted by atomic mass is 10.00. The molecule has 1 saturated heterocycles. The Kier molecular flexibility index (Phi) is 7.14. The normalized spacial score (nSPS) is 15.3. The van der Waals surface area contributed by atoms with Crippen molar-refractivity contribution in [3.05, 3.63) is 69.9 Å². The van der Waals surface area contributed by atoms with E-state index in [1.54, 1.807) is 42.2 Å². The van der Waals surface area contributed by atoms with Crippen LogP contribution in [0.15, 0.2) is 47.3 Å². The van der Waals surface area contributed by atoms with Crippen LogP contribution in [0, 0.1) is 18.7 Å². The van der Waals surface area contributed by atoms with Gasteiger partial charge >= 0.3 is 0 Å². The minimum absolute atomic E-state index is 0.0874. The first-order chi connectivity index (χ1) is 16.7. The van der Waals surface area contributed by atoms with Crippen molar-refractivity contribution < 1.29 is 18.7 Å². The molecule has 2 amide bonds. The van der Waals surface area contributed by atoms with Crippen LogP contribution in [-0.4, -0.2) is 51.9 Å². The number of amides is 2. The molecule has 8 nitrogen and oxygen atoms in total. The molecule has 0 radical (unpaired) electrons. The van der Waals surface area contributed by atoms with Gasteiger partial charge in [0.15, 0.2) is 5.69 Å². The number of aromatic nitrogens is 2. The lowest BCUT2D eigenvalue weighted by Crippen LogP contribution is -2.54. The Morgan fingerprint density at radius 1 is 1.17 bits per heavy atom. The lowest BCUT2D eigenvalue weighted by molar-refractivity contribution is -0.136. The summed E-state index contributed by atoms with van der Waals surface area (Å²) in [6.07, 6.45) is 1.15. The molecule has 184 valence electrons. The monoisotopic (exact) mass is 480 g/mol. The van der Waals surface area contributed by atoms with E-state index < -0.39 is 17.5 Å². The molecular formula is C26H29FN4O4. The maximum absolute atomic E-state index is 13.3. The minimum Gasteiger partial charge on any atom is -0.490 e. The maximum Gasteiger partial charge on any atom is 0.280 e. The third-order valence-corrected chi connectivity index (χ3v) is 6.22. The molecule has 1 aromatic heterocycles. The van der Waals surface area contributed by atoms with Crippen LogP contribution in [0.4, 0.5) is 4.39 Å². The summed E-state index contributed by atoms with van der Waals surface area (Å²) in [6.45, 7) is 6.42. The van der Waals surface area contributed by atoms with Gasteiger partial charge in [0.2, 0.25) is 5.91 Å². The van der Waals surface area contributed by atoms with Crippen molar-refractivity contribution in [1.82, 2.24) is 20.2 Å². The Morgan fingerprint density at radius 3 is 2.57 bits per heavy atom. The van der Waals surface area contributed by atoms with Crippen LogP contribution in [0.2, 0.25) is 0 Å². The lowest BCUT2D eigenvalue weighted by Gasteiger charge is -2.35. The number of benzene rings is 2. The fraction of sp³-hybridized carbons (Fsp3) is 0.385. The summed E-state index contributed by atoms with van der Waals surface area (Å²) in [4.78, 5) is 47.2. The molecule has 0 aliphatic carbocycles. The molecule has 2 aromatic carbocycles. The zero-order valence-electron chi connectivity index (χ0n) is 20.0. The summed E-state index contributed by atoms with van der Waals surface area (Å²) < 4.78 is 19.4. The van der Waals surface area contributed by atoms with E-state index in [9.17, 15) is 18.8 Å². The van der Waals surface area contributed by atoms with Gasteiger partial charge in [0.05, 0.1) is 11.0 Å². The number of nitrogens with zero attached hydrogens (tertiary/aromatic N) is 2. The maximum atomic E-state index is 13.3. The van der Waals surface area contributed by atoms with Crippen molar-refractivity contribution in [3.63, 3.8) is 0 Å². The van der Waals surface area contributed by atoms with Gasteiger partial charge in [0, 0.05) is 25.9 Å². The van der Waals surface area contributed by atoms with Crippen LogP contribution >= 0.6 is 0 Å². The van der Waals surface area contributed by atoms with Crippen LogP contribution in [0.25, 0.3) is 11.0 Å². The molecular weight excluding hydrogens is 451 g/mol. The van der Waals surface area contributed by atoms with Crippen LogP contribution < -0.4 is 15.6 Å². The number of carbonyl (C=O) groups is 2. The van der Waals surface area contributed by atoms with Crippen LogP contribution in [0.1, 0.15) is 42.7 Å². The largest absolute Gasteiger partial charge is 0.490 e. The Bertz CT molecular complexity index is 1300. The minimum atomic E-state index is -0.799. The van der Waals surface area contributed by atoms with Crippen molar-refractivity contribution in [2.75, 3.05) is 13.1 Å². The van der Waals surface area contributed by atoms with Gasteiger partial charge in [-0.25, -0.2) is 9.37 Å². The Balaban J connectivity index is 1.40. The summed E-state index contributed by atoms with van der Waals surface area (Å²) in [5.41, 5.74) is 0.868. The number of carbonyl (C=O) groups excluding carboxylic acids is 2. The number of aryl methyl sites for hydroxylation is 1. The number of nitrogens with one attached hydrogen (secondary N) is 2. The van der Waals surface area contributed by atoms with Gasteiger partial charge in [-0.3, -0.25) is 14.4 Å². The molecule has 2 N–H and O–H groups in total. The summed E-state index contributed by atoms with van der Waals surface area (Å²) in [5, 5.41) is 2.72. The summed E-state index contributed by atoms with van der Waals surface area (Å²) >= 11 is 0. The number of para-hydroxylation sites is 2. The first-order valence-corrected chi connectivity index (χ1v) is 11.7. The van der Waals surface area contributed by atoms with Gasteiger partial charge in [-0.2, -0.15) is 0 Å². The number of piperidine rings is 1. The predicted octanol–water partition coefficient (Wildman–Crippen LogP) is 3.20. The molecule has 3 aromatic rings. The van der Waals surface area contributed by atoms with Crippen molar-refractivity contribution in [2.24, 2.45) is 5.92 Å². The molecule has 1 atom stereocenters. The second kappa shape index (κ2) is 10.2. The Hall–Kier alpha value is -3.75. The number of rotatable bonds is 6. The highest BCUT2D eigenvalue weighted by atomic mass is 19.1. The number of fused-ring (bicyclic) bond motifs is 1. The number of likely N-dealkylation sites (tertiary alicyclic amines) is 1. The number of ether oxygens (including phenoxy) is 1. The molecule has 0 unspecified atom stereocenters. The second-order valence-electron chi connectivity index (χ2n) is 9.18. The average molecular weight is 481 g/mol. The first kappa shape index (κ1) is 24.4. The van der Waals surface area contributed by atoms with Crippen LogP contribution in [0.5, 0.6) is 5.75 Å². The van der Waals surface area contributed by atoms with Crippen molar-refractivity contribution in [1.29, 1.82) is 0 Å². The molecule has 2 heterocycles. The van der Waals surface area contributed by atoms with Crippen LogP contribution in [0.3, 0.4) is 0 Å². The SMILES string of the molecule is Cc1cc(F)ccc1OC1CCN(C(=O)[C@@H](NC(=O)c2nc3ccccc3[nH]c2=O)C(C)C)CC1. The van der Waals surface area contributed by atoms with Gasteiger partial charge in [0.25, 0.3) is 11.5 Å². The number of halogens is 1. The molecule has 4 rings (SSSR count). The number of hydrogen-bond acceptors (Lipinski definition) is 5. The van der Waals surface area contributed by atoms with E-state index in [0.717, 1.165) is 5.56 Å². The first-order valence-electron chi connectivity index (χ1n) is 11.7. The summed E-state index contributed by atoms with van der Waals surface area (Å²) in [5.74, 6) is -0.757. The van der Waals surface area contributed by atoms with Crippen molar-refractivity contribution >= 4 is 22.8 Å². The fourth-order valence-electron chi connectivity index (χ4n) is 4.22. The van der Waals surface area contributed by atoms with E-state index in [4.69, 9.17) is 4.74 Å². The quantitative estimate of drug-likeness (QED) is 0.564. The van der Waals surface area contributed by atoms with E-state index in [1.165, 1.54) is 12.1 Å². The molecule has 0 spiro atoms. The second-order valence-corrected chi connectivity index (χ2v) is 9.18. The zero-order valence-corrected chi connectivity index (χ0v) is 20.0. The molecule has 1 aliphatic rings. The van der Waals surface area contributed by atoms with Gasteiger partial charge in [0.1, 0.15) is 23.7 Å². The highest BCUT2D eigenvalue weighted by Gasteiger charge is 2.32. The summed E-state index contributed by atoms with van der Waals surface area (Å²) in [6, 6.07) is 10.6. The van der Waals surface area contributed by atoms with E-state index in [2.05, 4.69) is 15.3 Å². The molecule has 1 aliphatic heterocycles. The molecule has 0 saturated carbocycles. The van der Waals surface area contributed by atoms with E-state index in [0.29, 0.717) is 42.7 Å². The van der Waals surface area contributed by atoms with Crippen LogP contribution in [-0.2, 0) is 4.79 Å². The van der Waals surface area contributed by atoms with E-state index in [-0.39, 0.29) is 29.4 Å². The summed E-state index contributed by atoms with van der Waals surface area (Å²) in [7, 11) is 0.